The van der Waals surface area contributed by atoms with Gasteiger partial charge in [-0.1, -0.05) is 18.2 Å². The summed E-state index contributed by atoms with van der Waals surface area (Å²) in [5.74, 6) is -0.0709. The van der Waals surface area contributed by atoms with Gasteiger partial charge in [-0.3, -0.25) is 14.3 Å². The van der Waals surface area contributed by atoms with Crippen LogP contribution in [-0.2, 0) is 23.1 Å². The van der Waals surface area contributed by atoms with Gasteiger partial charge in [0.15, 0.2) is 0 Å². The number of methoxy groups -OCH3 is 2. The lowest BCUT2D eigenvalue weighted by Crippen LogP contribution is -2.47. The van der Waals surface area contributed by atoms with Crippen molar-refractivity contribution in [3.8, 4) is 11.5 Å². The summed E-state index contributed by atoms with van der Waals surface area (Å²) in [4.78, 5) is 27.8. The lowest BCUT2D eigenvalue weighted by atomic mass is 9.83. The summed E-state index contributed by atoms with van der Waals surface area (Å²) >= 11 is 0. The number of aromatic nitrogens is 1. The van der Waals surface area contributed by atoms with Gasteiger partial charge in [-0.2, -0.15) is 0 Å². The van der Waals surface area contributed by atoms with Crippen molar-refractivity contribution in [3.05, 3.63) is 112 Å². The van der Waals surface area contributed by atoms with E-state index in [1.807, 2.05) is 10.6 Å². The summed E-state index contributed by atoms with van der Waals surface area (Å²) in [6.45, 7) is 1.91. The third-order valence-electron chi connectivity index (χ3n) is 8.35. The molecule has 0 radical (unpaired) electrons. The largest absolute Gasteiger partial charge is 0.497 e. The van der Waals surface area contributed by atoms with Crippen molar-refractivity contribution in [3.63, 3.8) is 0 Å². The van der Waals surface area contributed by atoms with E-state index < -0.39 is 15.9 Å². The monoisotopic (exact) mass is 632 g/mol. The number of hydrogen-bond acceptors (Lipinski definition) is 7. The van der Waals surface area contributed by atoms with E-state index >= 15 is 0 Å². The minimum absolute atomic E-state index is 0.0210. The van der Waals surface area contributed by atoms with E-state index in [9.17, 15) is 22.4 Å². The number of pyridine rings is 1. The Morgan fingerprint density at radius 2 is 1.76 bits per heavy atom. The highest BCUT2D eigenvalue weighted by Crippen LogP contribution is 2.40. The summed E-state index contributed by atoms with van der Waals surface area (Å²) in [6, 6.07) is 20.5. The third kappa shape index (κ3) is 6.23. The number of sulfonamides is 1. The zero-order chi connectivity index (χ0) is 31.7. The number of amides is 1. The third-order valence-corrected chi connectivity index (χ3v) is 9.74. The number of carbonyl (C=O) groups excluding carboxylic acids is 1. The summed E-state index contributed by atoms with van der Waals surface area (Å²) < 4.78 is 56.2. The predicted molar refractivity (Wildman–Crippen MR) is 168 cm³/mol. The normalized spacial score (nSPS) is 17.3. The van der Waals surface area contributed by atoms with Gasteiger partial charge in [0.25, 0.3) is 21.5 Å². The van der Waals surface area contributed by atoms with Gasteiger partial charge in [-0.15, -0.1) is 0 Å². The number of fused-ring (bicyclic) bond motifs is 4. The van der Waals surface area contributed by atoms with E-state index in [0.717, 1.165) is 12.1 Å². The fraction of sp³-hybridized carbons (Fsp3) is 0.273. The number of nitrogens with zero attached hydrogens (tertiary/aromatic N) is 2. The molecule has 4 aromatic rings. The van der Waals surface area contributed by atoms with Gasteiger partial charge in [0.05, 0.1) is 25.6 Å². The Bertz CT molecular complexity index is 1910. The van der Waals surface area contributed by atoms with Crippen LogP contribution in [-0.4, -0.2) is 46.2 Å². The maximum Gasteiger partial charge on any atom is 0.265 e. The van der Waals surface area contributed by atoms with E-state index in [-0.39, 0.29) is 51.7 Å². The minimum atomic E-state index is -4.22. The van der Waals surface area contributed by atoms with Crippen molar-refractivity contribution < 1.29 is 27.1 Å². The van der Waals surface area contributed by atoms with Crippen LogP contribution in [0.4, 0.5) is 15.8 Å². The second-order valence-electron chi connectivity index (χ2n) is 11.3. The highest BCUT2D eigenvalue weighted by molar-refractivity contribution is 7.92. The van der Waals surface area contributed by atoms with E-state index in [2.05, 4.69) is 14.9 Å². The number of carbonyl (C=O) groups is 1. The SMILES string of the molecule is COc1ccc(OC)c(S(=O)(=O)Nc2cc(C(=O)NCc3ccc(F)cc3)ccc2N2C[C@H]3C[C@@H](C2)c2cccc(=O)n2C3)c1. The molecule has 45 heavy (non-hydrogen) atoms. The van der Waals surface area contributed by atoms with Crippen molar-refractivity contribution >= 4 is 27.3 Å². The number of nitrogens with one attached hydrogen (secondary N) is 2. The van der Waals surface area contributed by atoms with Gasteiger partial charge in [-0.25, -0.2) is 12.8 Å². The molecule has 2 bridgehead atoms. The average molecular weight is 633 g/mol. The van der Waals surface area contributed by atoms with E-state index in [4.69, 9.17) is 9.47 Å². The maximum atomic E-state index is 13.9. The summed E-state index contributed by atoms with van der Waals surface area (Å²) in [7, 11) is -1.39. The highest BCUT2D eigenvalue weighted by Gasteiger charge is 2.36. The molecule has 1 amide bonds. The first kappa shape index (κ1) is 30.2. The van der Waals surface area contributed by atoms with Crippen LogP contribution in [0.25, 0.3) is 0 Å². The molecule has 2 atom stereocenters. The van der Waals surface area contributed by atoms with Gasteiger partial charge in [0.1, 0.15) is 22.2 Å². The van der Waals surface area contributed by atoms with Gasteiger partial charge in [-0.05, 0) is 66.4 Å². The molecular weight excluding hydrogens is 599 g/mol. The fourth-order valence-electron chi connectivity index (χ4n) is 6.21. The van der Waals surface area contributed by atoms with Gasteiger partial charge in [0.2, 0.25) is 0 Å². The number of halogens is 1. The van der Waals surface area contributed by atoms with Gasteiger partial charge < -0.3 is 24.3 Å². The van der Waals surface area contributed by atoms with Gasteiger partial charge in [0, 0.05) is 55.5 Å². The number of hydrogen-bond donors (Lipinski definition) is 2. The Morgan fingerprint density at radius 1 is 0.956 bits per heavy atom. The molecule has 3 heterocycles. The molecule has 1 fully saturated rings. The molecule has 1 aromatic heterocycles. The Morgan fingerprint density at radius 3 is 2.51 bits per heavy atom. The second-order valence-corrected chi connectivity index (χ2v) is 12.9. The molecule has 12 heteroatoms. The Kier molecular flexibility index (Phi) is 8.24. The Hall–Kier alpha value is -4.84. The summed E-state index contributed by atoms with van der Waals surface area (Å²) in [6.07, 6.45) is 0.923. The van der Waals surface area contributed by atoms with Gasteiger partial charge >= 0.3 is 0 Å². The molecule has 2 aliphatic heterocycles. The zero-order valence-electron chi connectivity index (χ0n) is 24.8. The highest BCUT2D eigenvalue weighted by atomic mass is 32.2. The molecule has 10 nitrogen and oxygen atoms in total. The van der Waals surface area contributed by atoms with Crippen LogP contribution in [0.1, 0.15) is 34.0 Å². The standard InChI is InChI=1S/C33H33FN4O6S/c1-43-26-11-13-30(44-2)31(16-26)45(41,42)36-27-15-23(33(40)35-17-21-6-9-25(34)10-7-21)8-12-29(27)37-18-22-14-24(20-37)28-4-3-5-32(39)38(28)19-22/h3-13,15-16,22,24,36H,14,17-20H2,1-2H3,(H,35,40)/t22-,24+/m1/s1. The minimum Gasteiger partial charge on any atom is -0.497 e. The first-order valence-electron chi connectivity index (χ1n) is 14.5. The molecule has 3 aromatic carbocycles. The van der Waals surface area contributed by atoms with Crippen LogP contribution >= 0.6 is 0 Å². The molecule has 0 unspecified atom stereocenters. The number of piperidine rings is 1. The number of benzene rings is 3. The topological polar surface area (TPSA) is 119 Å². The summed E-state index contributed by atoms with van der Waals surface area (Å²) in [5.41, 5.74) is 2.73. The molecule has 234 valence electrons. The van der Waals surface area contributed by atoms with Crippen LogP contribution in [0, 0.1) is 11.7 Å². The fourth-order valence-corrected chi connectivity index (χ4v) is 7.46. The van der Waals surface area contributed by atoms with Crippen molar-refractivity contribution in [2.45, 2.75) is 30.3 Å². The lowest BCUT2D eigenvalue weighted by molar-refractivity contribution is 0.0951. The smallest absolute Gasteiger partial charge is 0.265 e. The zero-order valence-corrected chi connectivity index (χ0v) is 25.6. The molecule has 0 saturated carbocycles. The molecular formula is C33H33FN4O6S. The van der Waals surface area contributed by atoms with Crippen LogP contribution in [0.5, 0.6) is 11.5 Å². The van der Waals surface area contributed by atoms with E-state index in [0.29, 0.717) is 36.6 Å². The van der Waals surface area contributed by atoms with Crippen molar-refractivity contribution in [1.82, 2.24) is 9.88 Å². The van der Waals surface area contributed by atoms with Crippen molar-refractivity contribution in [2.24, 2.45) is 5.92 Å². The second kappa shape index (κ2) is 12.3. The first-order valence-corrected chi connectivity index (χ1v) is 16.0. The molecule has 0 spiro atoms. The van der Waals surface area contributed by atoms with E-state index in [1.165, 1.54) is 44.6 Å². The Balaban J connectivity index is 1.35. The molecule has 6 rings (SSSR count). The molecule has 2 aliphatic rings. The van der Waals surface area contributed by atoms with E-state index in [1.54, 1.807) is 42.5 Å². The van der Waals surface area contributed by atoms with Crippen molar-refractivity contribution in [1.29, 1.82) is 0 Å². The first-order chi connectivity index (χ1) is 21.6. The summed E-state index contributed by atoms with van der Waals surface area (Å²) in [5, 5.41) is 2.82. The number of rotatable bonds is 9. The van der Waals surface area contributed by atoms with Crippen LogP contribution < -0.4 is 30.0 Å². The van der Waals surface area contributed by atoms with Crippen molar-refractivity contribution in [2.75, 3.05) is 36.9 Å². The number of ether oxygens (including phenoxy) is 2. The lowest BCUT2D eigenvalue weighted by Gasteiger charge is -2.44. The quantitative estimate of drug-likeness (QED) is 0.282. The van der Waals surface area contributed by atoms with Crippen LogP contribution in [0.3, 0.4) is 0 Å². The molecule has 0 aliphatic carbocycles. The molecule has 1 saturated heterocycles. The maximum absolute atomic E-state index is 13.9. The predicted octanol–water partition coefficient (Wildman–Crippen LogP) is 4.36. The van der Waals surface area contributed by atoms with Crippen LogP contribution in [0.15, 0.2) is 88.6 Å². The number of anilines is 2. The van der Waals surface area contributed by atoms with Crippen LogP contribution in [0.2, 0.25) is 0 Å². The Labute approximate surface area is 260 Å². The molecule has 2 N–H and O–H groups in total. The average Bonchev–Trinajstić information content (AvgIpc) is 3.04.